The largest absolute Gasteiger partial charge is 1.00 e. The molecule has 0 unspecified atom stereocenters. The first-order valence-electron chi connectivity index (χ1n) is 10.2. The number of rotatable bonds is 4. The summed E-state index contributed by atoms with van der Waals surface area (Å²) < 4.78 is 34.7. The van der Waals surface area contributed by atoms with Gasteiger partial charge in [-0.05, 0) is 17.7 Å². The molecular formula is C23H26INO7. The highest BCUT2D eigenvalue weighted by molar-refractivity contribution is 5.98. The summed E-state index contributed by atoms with van der Waals surface area (Å²) in [4.78, 5) is 13.0. The molecule has 8 nitrogen and oxygen atoms in total. The Morgan fingerprint density at radius 3 is 2.47 bits per heavy atom. The molecule has 172 valence electrons. The zero-order chi connectivity index (χ0) is 21.9. The number of quaternary nitrogens is 1. The van der Waals surface area contributed by atoms with E-state index in [1.165, 1.54) is 7.11 Å². The third-order valence-corrected chi connectivity index (χ3v) is 6.56. The number of likely N-dealkylation sites (N-methyl/N-ethyl adjacent to an activating group) is 1. The van der Waals surface area contributed by atoms with E-state index in [4.69, 9.17) is 28.4 Å². The highest BCUT2D eigenvalue weighted by Crippen LogP contribution is 2.56. The second-order valence-corrected chi connectivity index (χ2v) is 8.50. The second-order valence-electron chi connectivity index (χ2n) is 8.50. The summed E-state index contributed by atoms with van der Waals surface area (Å²) in [6.07, 6.45) is 0.344. The van der Waals surface area contributed by atoms with Gasteiger partial charge in [-0.1, -0.05) is 6.07 Å². The molecule has 0 saturated heterocycles. The molecule has 0 fully saturated rings. The molecule has 5 rings (SSSR count). The summed E-state index contributed by atoms with van der Waals surface area (Å²) in [5.41, 5.74) is 3.31. The van der Waals surface area contributed by atoms with Crippen molar-refractivity contribution >= 4 is 5.97 Å². The van der Waals surface area contributed by atoms with Gasteiger partial charge in [0, 0.05) is 12.0 Å². The van der Waals surface area contributed by atoms with Gasteiger partial charge in [0.05, 0.1) is 47.5 Å². The summed E-state index contributed by atoms with van der Waals surface area (Å²) in [6.45, 7) is 1.03. The number of cyclic esters (lactones) is 1. The Kier molecular flexibility index (Phi) is 5.83. The van der Waals surface area contributed by atoms with Crippen molar-refractivity contribution in [2.45, 2.75) is 18.6 Å². The number of carbonyl (C=O) groups excluding carboxylic acids is 1. The molecule has 3 aliphatic rings. The molecule has 2 aromatic rings. The minimum absolute atomic E-state index is 0. The molecule has 32 heavy (non-hydrogen) atoms. The van der Waals surface area contributed by atoms with Crippen molar-refractivity contribution in [1.82, 2.24) is 0 Å². The third-order valence-electron chi connectivity index (χ3n) is 6.56. The van der Waals surface area contributed by atoms with Crippen LogP contribution in [0, 0.1) is 0 Å². The fourth-order valence-electron chi connectivity index (χ4n) is 5.09. The number of ether oxygens (including phenoxy) is 6. The van der Waals surface area contributed by atoms with Crippen molar-refractivity contribution in [2.24, 2.45) is 0 Å². The van der Waals surface area contributed by atoms with Crippen LogP contribution in [-0.2, 0) is 11.2 Å². The highest BCUT2D eigenvalue weighted by Gasteiger charge is 2.51. The number of halogens is 1. The van der Waals surface area contributed by atoms with Crippen LogP contribution in [0.4, 0.5) is 0 Å². The lowest BCUT2D eigenvalue weighted by atomic mass is 9.84. The number of nitrogens with zero attached hydrogens (tertiary/aromatic N) is 1. The molecule has 2 atom stereocenters. The van der Waals surface area contributed by atoms with Crippen LogP contribution in [0.25, 0.3) is 0 Å². The van der Waals surface area contributed by atoms with Gasteiger partial charge in [0.15, 0.2) is 35.1 Å². The van der Waals surface area contributed by atoms with Crippen molar-refractivity contribution in [3.05, 3.63) is 40.5 Å². The standard InChI is InChI=1S/C23H26NO7.HI/c1-24(2)9-8-12-10-15-21(30-11-29-15)22(28-5)16(12)18(24)19-13-6-7-14(26-3)20(27-4)17(13)23(25)31-19;/h6-7,10,18-19H,8-9,11H2,1-5H3;1H/q+1;/p-1/t18-,19+;/m1./s1. The first-order chi connectivity index (χ1) is 14.9. The molecular weight excluding hydrogens is 529 g/mol. The van der Waals surface area contributed by atoms with Crippen molar-refractivity contribution in [3.8, 4) is 28.7 Å². The summed E-state index contributed by atoms with van der Waals surface area (Å²) in [5.74, 6) is 2.42. The quantitative estimate of drug-likeness (QED) is 0.300. The van der Waals surface area contributed by atoms with E-state index >= 15 is 0 Å². The van der Waals surface area contributed by atoms with Gasteiger partial charge in [0.2, 0.25) is 12.5 Å². The lowest BCUT2D eigenvalue weighted by Crippen LogP contribution is -3.00. The number of benzene rings is 2. The Balaban J connectivity index is 0.00000245. The molecule has 3 aliphatic heterocycles. The van der Waals surface area contributed by atoms with Crippen LogP contribution in [0.2, 0.25) is 0 Å². The fraction of sp³-hybridized carbons (Fsp3) is 0.435. The van der Waals surface area contributed by atoms with Crippen LogP contribution in [0.5, 0.6) is 28.7 Å². The number of methoxy groups -OCH3 is 3. The predicted molar refractivity (Wildman–Crippen MR) is 110 cm³/mol. The zero-order valence-corrected chi connectivity index (χ0v) is 20.8. The van der Waals surface area contributed by atoms with Crippen LogP contribution in [0.15, 0.2) is 18.2 Å². The number of esters is 1. The van der Waals surface area contributed by atoms with E-state index in [9.17, 15) is 4.79 Å². The average molecular weight is 555 g/mol. The van der Waals surface area contributed by atoms with Gasteiger partial charge in [-0.2, -0.15) is 0 Å². The third kappa shape index (κ3) is 3.16. The number of fused-ring (bicyclic) bond motifs is 3. The highest BCUT2D eigenvalue weighted by atomic mass is 127. The van der Waals surface area contributed by atoms with Gasteiger partial charge in [0.1, 0.15) is 5.56 Å². The van der Waals surface area contributed by atoms with E-state index in [0.717, 1.165) is 29.7 Å². The minimum atomic E-state index is -0.509. The predicted octanol–water partition coefficient (Wildman–Crippen LogP) is 0.0304. The van der Waals surface area contributed by atoms with Crippen LogP contribution in [0.3, 0.4) is 0 Å². The molecule has 0 amide bonds. The fourth-order valence-corrected chi connectivity index (χ4v) is 5.09. The summed E-state index contributed by atoms with van der Waals surface area (Å²) in [5, 5.41) is 0. The maximum Gasteiger partial charge on any atom is 0.343 e. The van der Waals surface area contributed by atoms with Crippen LogP contribution >= 0.6 is 0 Å². The first-order valence-corrected chi connectivity index (χ1v) is 10.2. The van der Waals surface area contributed by atoms with E-state index in [2.05, 4.69) is 14.1 Å². The Morgan fingerprint density at radius 1 is 1.03 bits per heavy atom. The molecule has 0 bridgehead atoms. The average Bonchev–Trinajstić information content (AvgIpc) is 3.35. The summed E-state index contributed by atoms with van der Waals surface area (Å²) in [7, 11) is 8.99. The van der Waals surface area contributed by atoms with Gasteiger partial charge in [0.25, 0.3) is 0 Å². The lowest BCUT2D eigenvalue weighted by Gasteiger charge is -2.45. The lowest BCUT2D eigenvalue weighted by molar-refractivity contribution is -0.927. The van der Waals surface area contributed by atoms with Crippen LogP contribution in [0.1, 0.15) is 39.2 Å². The molecule has 2 aromatic carbocycles. The van der Waals surface area contributed by atoms with E-state index in [-0.39, 0.29) is 36.8 Å². The van der Waals surface area contributed by atoms with Crippen molar-refractivity contribution in [3.63, 3.8) is 0 Å². The van der Waals surface area contributed by atoms with Gasteiger partial charge in [-0.15, -0.1) is 0 Å². The molecule has 3 heterocycles. The summed E-state index contributed by atoms with van der Waals surface area (Å²) >= 11 is 0. The molecule has 0 saturated carbocycles. The summed E-state index contributed by atoms with van der Waals surface area (Å²) in [6, 6.07) is 5.53. The Bertz CT molecular complexity index is 1080. The monoisotopic (exact) mass is 555 g/mol. The molecule has 0 aliphatic carbocycles. The second kappa shape index (κ2) is 8.18. The molecule has 9 heteroatoms. The van der Waals surface area contributed by atoms with Gasteiger partial charge >= 0.3 is 5.97 Å². The number of hydrogen-bond donors (Lipinski definition) is 0. The molecule has 0 N–H and O–H groups in total. The zero-order valence-electron chi connectivity index (χ0n) is 18.7. The molecule has 0 aromatic heterocycles. The maximum atomic E-state index is 13.0. The Labute approximate surface area is 203 Å². The number of carbonyl (C=O) groups is 1. The van der Waals surface area contributed by atoms with Gasteiger partial charge in [-0.3, -0.25) is 0 Å². The number of hydrogen-bond acceptors (Lipinski definition) is 7. The molecule has 0 radical (unpaired) electrons. The SMILES string of the molecule is COc1ccc2c(c1OC)C(=O)O[C@@H]2[C@H]1c2c(cc3c(c2OC)OCO3)CC[N+]1(C)C.[I-]. The minimum Gasteiger partial charge on any atom is -1.00 e. The molecule has 0 spiro atoms. The van der Waals surface area contributed by atoms with Gasteiger partial charge < -0.3 is 56.9 Å². The van der Waals surface area contributed by atoms with Crippen molar-refractivity contribution < 1.29 is 61.7 Å². The first kappa shape index (κ1) is 22.8. The van der Waals surface area contributed by atoms with Gasteiger partial charge in [-0.25, -0.2) is 4.79 Å². The van der Waals surface area contributed by atoms with E-state index in [1.807, 2.05) is 18.2 Å². The van der Waals surface area contributed by atoms with E-state index in [0.29, 0.717) is 38.8 Å². The smallest absolute Gasteiger partial charge is 0.343 e. The Hall–Kier alpha value is -2.40. The van der Waals surface area contributed by atoms with E-state index in [1.54, 1.807) is 14.2 Å². The normalized spacial score (nSPS) is 21.7. The topological polar surface area (TPSA) is 72.5 Å². The van der Waals surface area contributed by atoms with Crippen molar-refractivity contribution in [1.29, 1.82) is 0 Å². The van der Waals surface area contributed by atoms with Crippen LogP contribution < -0.4 is 47.7 Å². The maximum absolute atomic E-state index is 13.0. The Morgan fingerprint density at radius 2 is 1.78 bits per heavy atom. The van der Waals surface area contributed by atoms with Crippen molar-refractivity contribution in [2.75, 3.05) is 48.8 Å². The van der Waals surface area contributed by atoms with E-state index < -0.39 is 12.1 Å². The van der Waals surface area contributed by atoms with Crippen LogP contribution in [-0.4, -0.2) is 59.2 Å².